The summed E-state index contributed by atoms with van der Waals surface area (Å²) in [7, 11) is 0. The number of rotatable bonds is 4. The third kappa shape index (κ3) is 3.07. The van der Waals surface area contributed by atoms with Crippen LogP contribution in [0.4, 0.5) is 5.69 Å². The van der Waals surface area contributed by atoms with E-state index in [4.69, 9.17) is 4.98 Å². The zero-order valence-electron chi connectivity index (χ0n) is 15.5. The van der Waals surface area contributed by atoms with Crippen LogP contribution in [0.1, 0.15) is 18.7 Å². The maximum Gasteiger partial charge on any atom is 0.244 e. The third-order valence-electron chi connectivity index (χ3n) is 5.23. The number of imidazole rings is 2. The van der Waals surface area contributed by atoms with Crippen LogP contribution in [-0.4, -0.2) is 25.0 Å². The van der Waals surface area contributed by atoms with Gasteiger partial charge in [0.15, 0.2) is 0 Å². The van der Waals surface area contributed by atoms with Crippen molar-refractivity contribution in [2.45, 2.75) is 32.4 Å². The molecule has 0 aliphatic carbocycles. The Kier molecular flexibility index (Phi) is 4.16. The van der Waals surface area contributed by atoms with Gasteiger partial charge in [0.1, 0.15) is 12.4 Å². The zero-order valence-corrected chi connectivity index (χ0v) is 15.5. The molecule has 0 unspecified atom stereocenters. The number of carbonyl (C=O) groups is 1. The van der Waals surface area contributed by atoms with Crippen LogP contribution in [0.2, 0.25) is 0 Å². The molecule has 0 saturated carbocycles. The molecule has 4 aromatic rings. The standard InChI is InChI=1S/C22H21N5O/c28-22(14-27-15-23-18-9-3-4-10-20(18)27)25-17-8-2-1-7-16(17)19-13-26-12-6-5-11-21(26)24-19/h1-4,7-10,13,15H,5-6,11-12,14H2,(H,25,28). The molecule has 1 amide bonds. The topological polar surface area (TPSA) is 64.7 Å². The van der Waals surface area contributed by atoms with Gasteiger partial charge in [0.05, 0.1) is 28.7 Å². The van der Waals surface area contributed by atoms with E-state index in [1.165, 1.54) is 12.8 Å². The number of para-hydroxylation sites is 3. The van der Waals surface area contributed by atoms with Gasteiger partial charge in [-0.1, -0.05) is 30.3 Å². The van der Waals surface area contributed by atoms with E-state index >= 15 is 0 Å². The monoisotopic (exact) mass is 371 g/mol. The van der Waals surface area contributed by atoms with Gasteiger partial charge in [0.25, 0.3) is 0 Å². The highest BCUT2D eigenvalue weighted by molar-refractivity contribution is 5.95. The van der Waals surface area contributed by atoms with Crippen molar-refractivity contribution in [1.29, 1.82) is 0 Å². The van der Waals surface area contributed by atoms with E-state index in [-0.39, 0.29) is 12.5 Å². The first-order valence-corrected chi connectivity index (χ1v) is 9.63. The summed E-state index contributed by atoms with van der Waals surface area (Å²) in [5, 5.41) is 3.06. The van der Waals surface area contributed by atoms with Crippen LogP contribution in [-0.2, 0) is 24.3 Å². The summed E-state index contributed by atoms with van der Waals surface area (Å²) in [5.74, 6) is 1.05. The average Bonchev–Trinajstić information content (AvgIpc) is 3.33. The Morgan fingerprint density at radius 2 is 1.93 bits per heavy atom. The van der Waals surface area contributed by atoms with Gasteiger partial charge in [0, 0.05) is 24.7 Å². The molecule has 2 aromatic heterocycles. The Labute approximate surface area is 162 Å². The summed E-state index contributed by atoms with van der Waals surface area (Å²) in [5.41, 5.74) is 4.49. The summed E-state index contributed by atoms with van der Waals surface area (Å²) < 4.78 is 4.09. The molecule has 0 fully saturated rings. The number of nitrogens with one attached hydrogen (secondary N) is 1. The van der Waals surface area contributed by atoms with Crippen LogP contribution in [0.25, 0.3) is 22.3 Å². The molecule has 0 saturated heterocycles. The number of fused-ring (bicyclic) bond motifs is 2. The SMILES string of the molecule is O=C(Cn1cnc2ccccc21)Nc1ccccc1-c1cn2c(n1)CCCC2. The van der Waals surface area contributed by atoms with E-state index in [1.807, 2.05) is 53.1 Å². The number of hydrogen-bond acceptors (Lipinski definition) is 3. The van der Waals surface area contributed by atoms with Crippen LogP contribution in [0.3, 0.4) is 0 Å². The van der Waals surface area contributed by atoms with E-state index in [0.717, 1.165) is 46.8 Å². The maximum atomic E-state index is 12.7. The average molecular weight is 371 g/mol. The molecule has 5 rings (SSSR count). The Morgan fingerprint density at radius 1 is 1.07 bits per heavy atom. The fourth-order valence-electron chi connectivity index (χ4n) is 3.84. The number of benzene rings is 2. The van der Waals surface area contributed by atoms with Gasteiger partial charge in [-0.15, -0.1) is 0 Å². The number of aryl methyl sites for hydroxylation is 2. The molecule has 1 aliphatic rings. The molecule has 2 aromatic carbocycles. The van der Waals surface area contributed by atoms with Gasteiger partial charge in [-0.05, 0) is 31.0 Å². The number of hydrogen-bond donors (Lipinski definition) is 1. The van der Waals surface area contributed by atoms with Gasteiger partial charge in [-0.25, -0.2) is 9.97 Å². The predicted octanol–water partition coefficient (Wildman–Crippen LogP) is 3.87. The second-order valence-electron chi connectivity index (χ2n) is 7.15. The Morgan fingerprint density at radius 3 is 2.86 bits per heavy atom. The van der Waals surface area contributed by atoms with E-state index in [1.54, 1.807) is 6.33 Å². The normalized spacial score (nSPS) is 13.4. The summed E-state index contributed by atoms with van der Waals surface area (Å²) in [6.45, 7) is 1.24. The number of carbonyl (C=O) groups excluding carboxylic acids is 1. The van der Waals surface area contributed by atoms with Gasteiger partial charge >= 0.3 is 0 Å². The van der Waals surface area contributed by atoms with Crippen molar-refractivity contribution in [2.24, 2.45) is 0 Å². The van der Waals surface area contributed by atoms with E-state index in [0.29, 0.717) is 0 Å². The molecule has 6 heteroatoms. The smallest absolute Gasteiger partial charge is 0.244 e. The van der Waals surface area contributed by atoms with Gasteiger partial charge in [-0.2, -0.15) is 0 Å². The number of aromatic nitrogens is 4. The molecule has 6 nitrogen and oxygen atoms in total. The molecule has 28 heavy (non-hydrogen) atoms. The lowest BCUT2D eigenvalue weighted by Crippen LogP contribution is -2.18. The van der Waals surface area contributed by atoms with Crippen molar-refractivity contribution in [1.82, 2.24) is 19.1 Å². The molecule has 0 radical (unpaired) electrons. The second kappa shape index (κ2) is 6.96. The Bertz CT molecular complexity index is 1130. The van der Waals surface area contributed by atoms with Crippen molar-refractivity contribution >= 4 is 22.6 Å². The highest BCUT2D eigenvalue weighted by Gasteiger charge is 2.16. The minimum absolute atomic E-state index is 0.0837. The van der Waals surface area contributed by atoms with Crippen LogP contribution >= 0.6 is 0 Å². The van der Waals surface area contributed by atoms with Crippen molar-refractivity contribution in [3.8, 4) is 11.3 Å². The fourth-order valence-corrected chi connectivity index (χ4v) is 3.84. The van der Waals surface area contributed by atoms with Gasteiger partial charge < -0.3 is 14.5 Å². The van der Waals surface area contributed by atoms with Crippen molar-refractivity contribution < 1.29 is 4.79 Å². The van der Waals surface area contributed by atoms with Crippen LogP contribution < -0.4 is 5.32 Å². The molecular weight excluding hydrogens is 350 g/mol. The van der Waals surface area contributed by atoms with Gasteiger partial charge in [-0.3, -0.25) is 4.79 Å². The molecular formula is C22H21N5O. The van der Waals surface area contributed by atoms with Crippen LogP contribution in [0, 0.1) is 0 Å². The van der Waals surface area contributed by atoms with E-state index in [2.05, 4.69) is 21.1 Å². The van der Waals surface area contributed by atoms with E-state index < -0.39 is 0 Å². The summed E-state index contributed by atoms with van der Waals surface area (Å²) in [6.07, 6.45) is 7.21. The highest BCUT2D eigenvalue weighted by Crippen LogP contribution is 2.29. The fraction of sp³-hybridized carbons (Fsp3) is 0.227. The van der Waals surface area contributed by atoms with Crippen molar-refractivity contribution in [2.75, 3.05) is 5.32 Å². The molecule has 1 N–H and O–H groups in total. The van der Waals surface area contributed by atoms with Crippen molar-refractivity contribution in [3.05, 3.63) is 66.9 Å². The second-order valence-corrected chi connectivity index (χ2v) is 7.15. The minimum atomic E-state index is -0.0837. The molecule has 1 aliphatic heterocycles. The lowest BCUT2D eigenvalue weighted by atomic mass is 10.1. The molecule has 0 bridgehead atoms. The molecule has 3 heterocycles. The van der Waals surface area contributed by atoms with Crippen molar-refractivity contribution in [3.63, 3.8) is 0 Å². The lowest BCUT2D eigenvalue weighted by Gasteiger charge is -2.11. The Hall–Kier alpha value is -3.41. The largest absolute Gasteiger partial charge is 0.334 e. The first-order valence-electron chi connectivity index (χ1n) is 9.63. The first-order chi connectivity index (χ1) is 13.8. The summed E-state index contributed by atoms with van der Waals surface area (Å²) >= 11 is 0. The van der Waals surface area contributed by atoms with E-state index in [9.17, 15) is 4.79 Å². The Balaban J connectivity index is 1.40. The van der Waals surface area contributed by atoms with Gasteiger partial charge in [0.2, 0.25) is 5.91 Å². The molecule has 0 atom stereocenters. The quantitative estimate of drug-likeness (QED) is 0.592. The first kappa shape index (κ1) is 16.7. The highest BCUT2D eigenvalue weighted by atomic mass is 16.1. The lowest BCUT2D eigenvalue weighted by molar-refractivity contribution is -0.116. The minimum Gasteiger partial charge on any atom is -0.334 e. The third-order valence-corrected chi connectivity index (χ3v) is 5.23. The number of anilines is 1. The molecule has 140 valence electrons. The predicted molar refractivity (Wildman–Crippen MR) is 109 cm³/mol. The summed E-state index contributed by atoms with van der Waals surface area (Å²) in [4.78, 5) is 21.9. The maximum absolute atomic E-state index is 12.7. The van der Waals surface area contributed by atoms with Crippen LogP contribution in [0.15, 0.2) is 61.1 Å². The zero-order chi connectivity index (χ0) is 18.9. The summed E-state index contributed by atoms with van der Waals surface area (Å²) in [6, 6.07) is 15.7. The molecule has 0 spiro atoms. The number of amides is 1. The number of nitrogens with zero attached hydrogens (tertiary/aromatic N) is 4. The van der Waals surface area contributed by atoms with Crippen LogP contribution in [0.5, 0.6) is 0 Å².